The summed E-state index contributed by atoms with van der Waals surface area (Å²) in [4.78, 5) is 4.36. The van der Waals surface area contributed by atoms with Crippen LogP contribution in [0.25, 0.3) is 0 Å². The van der Waals surface area contributed by atoms with E-state index in [4.69, 9.17) is 4.74 Å². The third kappa shape index (κ3) is 3.81. The predicted molar refractivity (Wildman–Crippen MR) is 81.9 cm³/mol. The summed E-state index contributed by atoms with van der Waals surface area (Å²) >= 11 is 0. The van der Waals surface area contributed by atoms with E-state index < -0.39 is 0 Å². The van der Waals surface area contributed by atoms with Crippen molar-refractivity contribution in [1.82, 2.24) is 10.3 Å². The summed E-state index contributed by atoms with van der Waals surface area (Å²) in [6.07, 6.45) is 1.81. The van der Waals surface area contributed by atoms with Gasteiger partial charge in [-0.3, -0.25) is 4.98 Å². The maximum Gasteiger partial charge on any atom is 0.130 e. The quantitative estimate of drug-likeness (QED) is 0.873. The molecule has 1 aromatic carbocycles. The van der Waals surface area contributed by atoms with Gasteiger partial charge in [-0.05, 0) is 38.1 Å². The van der Waals surface area contributed by atoms with Crippen LogP contribution in [-0.2, 0) is 13.2 Å². The summed E-state index contributed by atoms with van der Waals surface area (Å²) in [5.41, 5.74) is 4.59. The van der Waals surface area contributed by atoms with E-state index in [0.29, 0.717) is 6.61 Å². The van der Waals surface area contributed by atoms with Crippen LogP contribution in [0.1, 0.15) is 29.3 Å². The first-order chi connectivity index (χ1) is 9.70. The lowest BCUT2D eigenvalue weighted by atomic mass is 10.1. The number of ether oxygens (including phenoxy) is 1. The Bertz CT molecular complexity index is 567. The molecule has 1 N–H and O–H groups in total. The van der Waals surface area contributed by atoms with E-state index in [1.54, 1.807) is 6.20 Å². The van der Waals surface area contributed by atoms with Crippen molar-refractivity contribution < 1.29 is 4.74 Å². The number of nitrogens with zero attached hydrogens (tertiary/aromatic N) is 1. The summed E-state index contributed by atoms with van der Waals surface area (Å²) in [5, 5.41) is 3.35. The molecule has 2 rings (SSSR count). The van der Waals surface area contributed by atoms with Gasteiger partial charge in [0, 0.05) is 18.3 Å². The normalized spacial score (nSPS) is 10.6. The second-order valence-electron chi connectivity index (χ2n) is 4.95. The van der Waals surface area contributed by atoms with E-state index in [0.717, 1.165) is 30.1 Å². The van der Waals surface area contributed by atoms with Crippen LogP contribution in [0.3, 0.4) is 0 Å². The van der Waals surface area contributed by atoms with Crippen molar-refractivity contribution in [3.05, 3.63) is 58.9 Å². The van der Waals surface area contributed by atoms with E-state index in [2.05, 4.69) is 49.3 Å². The fourth-order valence-electron chi connectivity index (χ4n) is 2.06. The maximum atomic E-state index is 5.95. The van der Waals surface area contributed by atoms with Gasteiger partial charge >= 0.3 is 0 Å². The molecular weight excluding hydrogens is 248 g/mol. The molecule has 0 saturated heterocycles. The molecule has 0 radical (unpaired) electrons. The first kappa shape index (κ1) is 14.5. The van der Waals surface area contributed by atoms with Gasteiger partial charge in [0.2, 0.25) is 0 Å². The zero-order valence-corrected chi connectivity index (χ0v) is 12.4. The molecule has 0 atom stereocenters. The molecule has 0 unspecified atom stereocenters. The molecule has 3 heteroatoms. The van der Waals surface area contributed by atoms with Gasteiger partial charge in [0.05, 0.1) is 5.69 Å². The minimum Gasteiger partial charge on any atom is -0.487 e. The minimum absolute atomic E-state index is 0.509. The third-order valence-corrected chi connectivity index (χ3v) is 3.26. The van der Waals surface area contributed by atoms with Gasteiger partial charge in [-0.2, -0.15) is 0 Å². The number of pyridine rings is 1. The molecule has 2 aromatic rings. The first-order valence-corrected chi connectivity index (χ1v) is 7.04. The Hall–Kier alpha value is -1.87. The van der Waals surface area contributed by atoms with Crippen molar-refractivity contribution in [2.75, 3.05) is 6.54 Å². The van der Waals surface area contributed by atoms with Gasteiger partial charge in [0.15, 0.2) is 0 Å². The van der Waals surface area contributed by atoms with Crippen LogP contribution in [-0.4, -0.2) is 11.5 Å². The second kappa shape index (κ2) is 7.06. The highest BCUT2D eigenvalue weighted by Crippen LogP contribution is 2.21. The zero-order valence-electron chi connectivity index (χ0n) is 12.4. The Morgan fingerprint density at radius 1 is 1.20 bits per heavy atom. The van der Waals surface area contributed by atoms with Crippen LogP contribution in [0.5, 0.6) is 5.75 Å². The molecule has 0 aliphatic rings. The SMILES string of the molecule is CCNCc1cc(C)ccc1OCc1ncccc1C. The van der Waals surface area contributed by atoms with Crippen molar-refractivity contribution in [3.8, 4) is 5.75 Å². The van der Waals surface area contributed by atoms with E-state index in [-0.39, 0.29) is 0 Å². The number of rotatable bonds is 6. The van der Waals surface area contributed by atoms with Crippen LogP contribution in [0.15, 0.2) is 36.5 Å². The number of hydrogen-bond acceptors (Lipinski definition) is 3. The molecule has 0 spiro atoms. The fourth-order valence-corrected chi connectivity index (χ4v) is 2.06. The summed E-state index contributed by atoms with van der Waals surface area (Å²) in [6.45, 7) is 8.55. The number of hydrogen-bond donors (Lipinski definition) is 1. The van der Waals surface area contributed by atoms with Crippen LogP contribution in [0, 0.1) is 13.8 Å². The van der Waals surface area contributed by atoms with Crippen molar-refractivity contribution in [3.63, 3.8) is 0 Å². The number of aryl methyl sites for hydroxylation is 2. The summed E-state index contributed by atoms with van der Waals surface area (Å²) in [6, 6.07) is 10.3. The maximum absolute atomic E-state index is 5.95. The Kier molecular flexibility index (Phi) is 5.13. The highest BCUT2D eigenvalue weighted by molar-refractivity contribution is 5.37. The summed E-state index contributed by atoms with van der Waals surface area (Å²) in [5.74, 6) is 0.932. The smallest absolute Gasteiger partial charge is 0.130 e. The first-order valence-electron chi connectivity index (χ1n) is 7.04. The number of benzene rings is 1. The fraction of sp³-hybridized carbons (Fsp3) is 0.353. The molecule has 0 amide bonds. The molecule has 1 heterocycles. The minimum atomic E-state index is 0.509. The summed E-state index contributed by atoms with van der Waals surface area (Å²) in [7, 11) is 0. The van der Waals surface area contributed by atoms with E-state index in [1.807, 2.05) is 12.1 Å². The zero-order chi connectivity index (χ0) is 14.4. The van der Waals surface area contributed by atoms with Gasteiger partial charge in [-0.1, -0.05) is 30.7 Å². The third-order valence-electron chi connectivity index (χ3n) is 3.26. The Morgan fingerprint density at radius 2 is 2.05 bits per heavy atom. The molecule has 0 fully saturated rings. The monoisotopic (exact) mass is 270 g/mol. The summed E-state index contributed by atoms with van der Waals surface area (Å²) < 4.78 is 5.95. The molecule has 0 bridgehead atoms. The van der Waals surface area contributed by atoms with Gasteiger partial charge in [-0.25, -0.2) is 0 Å². The van der Waals surface area contributed by atoms with Gasteiger partial charge < -0.3 is 10.1 Å². The van der Waals surface area contributed by atoms with E-state index in [1.165, 1.54) is 11.1 Å². The molecule has 106 valence electrons. The van der Waals surface area contributed by atoms with Gasteiger partial charge in [0.1, 0.15) is 12.4 Å². The van der Waals surface area contributed by atoms with Gasteiger partial charge in [-0.15, -0.1) is 0 Å². The van der Waals surface area contributed by atoms with E-state index in [9.17, 15) is 0 Å². The molecule has 1 aromatic heterocycles. The Morgan fingerprint density at radius 3 is 2.80 bits per heavy atom. The van der Waals surface area contributed by atoms with Crippen LogP contribution < -0.4 is 10.1 Å². The van der Waals surface area contributed by atoms with Crippen molar-refractivity contribution in [1.29, 1.82) is 0 Å². The topological polar surface area (TPSA) is 34.1 Å². The highest BCUT2D eigenvalue weighted by Gasteiger charge is 2.06. The average molecular weight is 270 g/mol. The van der Waals surface area contributed by atoms with Crippen molar-refractivity contribution in [2.45, 2.75) is 33.9 Å². The predicted octanol–water partition coefficient (Wildman–Crippen LogP) is 3.39. The Balaban J connectivity index is 2.10. The van der Waals surface area contributed by atoms with Crippen LogP contribution in [0.2, 0.25) is 0 Å². The van der Waals surface area contributed by atoms with Gasteiger partial charge in [0.25, 0.3) is 0 Å². The Labute approximate surface area is 121 Å². The highest BCUT2D eigenvalue weighted by atomic mass is 16.5. The standard InChI is InChI=1S/C17H22N2O/c1-4-18-11-15-10-13(2)7-8-17(15)20-12-16-14(3)6-5-9-19-16/h5-10,18H,4,11-12H2,1-3H3. The molecular formula is C17H22N2O. The molecule has 0 saturated carbocycles. The molecule has 0 aliphatic heterocycles. The molecule has 3 nitrogen and oxygen atoms in total. The molecule has 0 aliphatic carbocycles. The van der Waals surface area contributed by atoms with Crippen molar-refractivity contribution in [2.24, 2.45) is 0 Å². The number of aromatic nitrogens is 1. The van der Waals surface area contributed by atoms with Crippen LogP contribution >= 0.6 is 0 Å². The lowest BCUT2D eigenvalue weighted by Gasteiger charge is -2.13. The second-order valence-corrected chi connectivity index (χ2v) is 4.95. The lowest BCUT2D eigenvalue weighted by Crippen LogP contribution is -2.13. The largest absolute Gasteiger partial charge is 0.487 e. The van der Waals surface area contributed by atoms with E-state index >= 15 is 0 Å². The van der Waals surface area contributed by atoms with Crippen molar-refractivity contribution >= 4 is 0 Å². The molecule has 20 heavy (non-hydrogen) atoms. The van der Waals surface area contributed by atoms with Crippen LogP contribution in [0.4, 0.5) is 0 Å². The lowest BCUT2D eigenvalue weighted by molar-refractivity contribution is 0.296. The average Bonchev–Trinajstić information content (AvgIpc) is 2.45. The number of nitrogens with one attached hydrogen (secondary N) is 1.